The van der Waals surface area contributed by atoms with Crippen molar-refractivity contribution in [1.82, 2.24) is 15.1 Å². The molecule has 216 valence electrons. The Morgan fingerprint density at radius 1 is 1.12 bits per heavy atom. The Hall–Kier alpha value is -2.46. The minimum atomic E-state index is -1.17. The smallest absolute Gasteiger partial charge is 0.246 e. The molecule has 4 aliphatic heterocycles. The number of fused-ring (bicyclic) bond motifs is 1. The fraction of sp³-hybridized carbons (Fsp3) is 0.633. The van der Waals surface area contributed by atoms with Gasteiger partial charge < -0.3 is 25.0 Å². The van der Waals surface area contributed by atoms with Crippen molar-refractivity contribution in [2.24, 2.45) is 23.7 Å². The van der Waals surface area contributed by atoms with Crippen LogP contribution in [0.25, 0.3) is 0 Å². The van der Waals surface area contributed by atoms with E-state index in [1.54, 1.807) is 29.2 Å². The first kappa shape index (κ1) is 27.7. The fourth-order valence-electron chi connectivity index (χ4n) is 7.42. The number of hydrogen-bond donors (Lipinski definition) is 2. The molecule has 10 heteroatoms. The molecule has 40 heavy (non-hydrogen) atoms. The molecule has 2 bridgehead atoms. The van der Waals surface area contributed by atoms with Gasteiger partial charge in [-0.15, -0.1) is 0 Å². The Balaban J connectivity index is 1.27. The third-order valence-electron chi connectivity index (χ3n) is 9.81. The van der Waals surface area contributed by atoms with E-state index in [9.17, 15) is 14.4 Å². The van der Waals surface area contributed by atoms with Gasteiger partial charge in [0.15, 0.2) is 0 Å². The highest BCUT2D eigenvalue weighted by molar-refractivity contribution is 6.30. The third-order valence-corrected chi connectivity index (χ3v) is 10.0. The van der Waals surface area contributed by atoms with Crippen LogP contribution in [0.15, 0.2) is 36.4 Å². The summed E-state index contributed by atoms with van der Waals surface area (Å²) in [6, 6.07) is 6.15. The lowest BCUT2D eigenvalue weighted by atomic mass is 9.73. The highest BCUT2D eigenvalue weighted by Gasteiger charge is 2.72. The summed E-state index contributed by atoms with van der Waals surface area (Å²) in [6.07, 6.45) is 6.30. The van der Waals surface area contributed by atoms with Crippen molar-refractivity contribution in [3.05, 3.63) is 41.4 Å². The van der Waals surface area contributed by atoms with E-state index in [0.29, 0.717) is 48.8 Å². The normalized spacial score (nSPS) is 37.0. The second-order valence-electron chi connectivity index (χ2n) is 12.1. The van der Waals surface area contributed by atoms with E-state index in [1.807, 2.05) is 12.2 Å². The number of benzene rings is 1. The van der Waals surface area contributed by atoms with Gasteiger partial charge in [-0.25, -0.2) is 0 Å². The van der Waals surface area contributed by atoms with Crippen LogP contribution < -0.4 is 10.6 Å². The molecule has 1 aromatic carbocycles. The maximum Gasteiger partial charge on any atom is 0.246 e. The Kier molecular flexibility index (Phi) is 7.67. The maximum absolute atomic E-state index is 14.2. The fourth-order valence-corrected chi connectivity index (χ4v) is 7.61. The molecule has 6 rings (SSSR count). The van der Waals surface area contributed by atoms with Crippen LogP contribution in [0.4, 0.5) is 5.69 Å². The molecule has 0 radical (unpaired) electrons. The summed E-state index contributed by atoms with van der Waals surface area (Å²) in [5.74, 6) is -1.34. The molecule has 0 aromatic heterocycles. The quantitative estimate of drug-likeness (QED) is 0.489. The number of halogens is 1. The van der Waals surface area contributed by atoms with Crippen LogP contribution in [0, 0.1) is 23.7 Å². The number of carbonyl (C=O) groups excluding carboxylic acids is 3. The molecular weight excluding hydrogens is 532 g/mol. The van der Waals surface area contributed by atoms with E-state index >= 15 is 0 Å². The molecule has 4 heterocycles. The van der Waals surface area contributed by atoms with Crippen molar-refractivity contribution in [2.45, 2.75) is 56.9 Å². The summed E-state index contributed by atoms with van der Waals surface area (Å²) in [6.45, 7) is 8.32. The van der Waals surface area contributed by atoms with Crippen molar-refractivity contribution in [2.75, 3.05) is 44.7 Å². The molecule has 5 aliphatic rings. The molecule has 3 saturated heterocycles. The first-order chi connectivity index (χ1) is 19.3. The predicted molar refractivity (Wildman–Crippen MR) is 151 cm³/mol. The van der Waals surface area contributed by atoms with E-state index in [4.69, 9.17) is 21.1 Å². The van der Waals surface area contributed by atoms with Crippen molar-refractivity contribution >= 4 is 35.0 Å². The SMILES string of the molecule is C[C@H]1[C@H](C)CCC[C@@H]1NC(=O)[C@@H]1N(CCN2CCOCC2)C(=O)[C@H]2[C@@H](C(=O)Nc3cccc(Cl)c3)[C@H]3C=C[C@@]12O3. The zero-order chi connectivity index (χ0) is 28.0. The standard InChI is InChI=1S/C30H39ClN4O5/c1-18-5-3-8-22(19(18)2)33-28(37)26-30-10-9-23(40-30)24(27(36)32-21-7-4-6-20(31)17-21)25(30)29(38)35(26)12-11-34-13-15-39-16-14-34/h4,6-7,9-10,17-19,22-26H,3,5,8,11-16H2,1-2H3,(H,32,36)(H,33,37)/t18-,19+,22+,23-,24+,25-,26+,30+/m1/s1. The van der Waals surface area contributed by atoms with Crippen LogP contribution in [0.5, 0.6) is 0 Å². The Morgan fingerprint density at radius 2 is 1.93 bits per heavy atom. The van der Waals surface area contributed by atoms with Gasteiger partial charge in [0.2, 0.25) is 17.7 Å². The van der Waals surface area contributed by atoms with Crippen molar-refractivity contribution < 1.29 is 23.9 Å². The summed E-state index contributed by atoms with van der Waals surface area (Å²) in [5.41, 5.74) is -0.612. The van der Waals surface area contributed by atoms with Gasteiger partial charge >= 0.3 is 0 Å². The lowest BCUT2D eigenvalue weighted by Gasteiger charge is -2.38. The molecule has 1 aromatic rings. The first-order valence-corrected chi connectivity index (χ1v) is 15.0. The minimum Gasteiger partial charge on any atom is -0.379 e. The molecule has 1 spiro atoms. The summed E-state index contributed by atoms with van der Waals surface area (Å²) in [5, 5.41) is 6.75. The number of likely N-dealkylation sites (tertiary alicyclic amines) is 1. The van der Waals surface area contributed by atoms with Crippen LogP contribution in [-0.2, 0) is 23.9 Å². The van der Waals surface area contributed by atoms with Gasteiger partial charge in [0.25, 0.3) is 0 Å². The van der Waals surface area contributed by atoms with Crippen LogP contribution in [0.3, 0.4) is 0 Å². The van der Waals surface area contributed by atoms with E-state index < -0.39 is 29.6 Å². The number of hydrogen-bond acceptors (Lipinski definition) is 6. The number of nitrogens with one attached hydrogen (secondary N) is 2. The molecular formula is C30H39ClN4O5. The van der Waals surface area contributed by atoms with Crippen LogP contribution >= 0.6 is 11.6 Å². The average molecular weight is 571 g/mol. The summed E-state index contributed by atoms with van der Waals surface area (Å²) < 4.78 is 12.0. The minimum absolute atomic E-state index is 0.0485. The highest BCUT2D eigenvalue weighted by Crippen LogP contribution is 2.55. The molecule has 2 N–H and O–H groups in total. The van der Waals surface area contributed by atoms with Crippen molar-refractivity contribution in [3.63, 3.8) is 0 Å². The summed E-state index contributed by atoms with van der Waals surface area (Å²) in [4.78, 5) is 45.9. The second-order valence-corrected chi connectivity index (χ2v) is 12.5. The number of amides is 3. The van der Waals surface area contributed by atoms with Gasteiger partial charge in [0.1, 0.15) is 11.6 Å². The van der Waals surface area contributed by atoms with Gasteiger partial charge in [-0.05, 0) is 36.5 Å². The molecule has 1 aliphatic carbocycles. The number of carbonyl (C=O) groups is 3. The largest absolute Gasteiger partial charge is 0.379 e. The first-order valence-electron chi connectivity index (χ1n) is 14.6. The van der Waals surface area contributed by atoms with Gasteiger partial charge in [-0.1, -0.05) is 56.5 Å². The van der Waals surface area contributed by atoms with Crippen LogP contribution in [0.1, 0.15) is 33.1 Å². The second kappa shape index (κ2) is 11.1. The topological polar surface area (TPSA) is 100 Å². The molecule has 9 nitrogen and oxygen atoms in total. The lowest BCUT2D eigenvalue weighted by molar-refractivity contribution is -0.142. The lowest BCUT2D eigenvalue weighted by Crippen LogP contribution is -2.58. The monoisotopic (exact) mass is 570 g/mol. The molecule has 8 atom stereocenters. The Morgan fingerprint density at radius 3 is 2.70 bits per heavy atom. The van der Waals surface area contributed by atoms with Gasteiger partial charge in [-0.3, -0.25) is 19.3 Å². The van der Waals surface area contributed by atoms with Crippen LogP contribution in [-0.4, -0.2) is 90.7 Å². The average Bonchev–Trinajstić information content (AvgIpc) is 3.58. The molecule has 0 unspecified atom stereocenters. The third kappa shape index (κ3) is 4.85. The van der Waals surface area contributed by atoms with E-state index in [1.165, 1.54) is 0 Å². The molecule has 4 fully saturated rings. The zero-order valence-electron chi connectivity index (χ0n) is 23.2. The van der Waals surface area contributed by atoms with E-state index in [2.05, 4.69) is 29.4 Å². The number of anilines is 1. The summed E-state index contributed by atoms with van der Waals surface area (Å²) >= 11 is 6.13. The molecule has 3 amide bonds. The number of morpholine rings is 1. The van der Waals surface area contributed by atoms with Crippen molar-refractivity contribution in [3.8, 4) is 0 Å². The summed E-state index contributed by atoms with van der Waals surface area (Å²) in [7, 11) is 0. The van der Waals surface area contributed by atoms with Gasteiger partial charge in [0.05, 0.1) is 31.2 Å². The highest BCUT2D eigenvalue weighted by atomic mass is 35.5. The van der Waals surface area contributed by atoms with Crippen molar-refractivity contribution in [1.29, 1.82) is 0 Å². The number of ether oxygens (including phenoxy) is 2. The van der Waals surface area contributed by atoms with E-state index in [-0.39, 0.29) is 23.8 Å². The predicted octanol–water partition coefficient (Wildman–Crippen LogP) is 2.70. The Bertz CT molecular complexity index is 1190. The van der Waals surface area contributed by atoms with Crippen LogP contribution in [0.2, 0.25) is 5.02 Å². The molecule has 1 saturated carbocycles. The number of nitrogens with zero attached hydrogens (tertiary/aromatic N) is 2. The maximum atomic E-state index is 14.2. The number of rotatable bonds is 7. The Labute approximate surface area is 240 Å². The van der Waals surface area contributed by atoms with Gasteiger partial charge in [0, 0.05) is 42.9 Å². The zero-order valence-corrected chi connectivity index (χ0v) is 23.9. The van der Waals surface area contributed by atoms with E-state index in [0.717, 1.165) is 32.4 Å². The van der Waals surface area contributed by atoms with Gasteiger partial charge in [-0.2, -0.15) is 0 Å².